The molecule has 6 rings (SSSR count). The molecule has 0 aliphatic carbocycles. The van der Waals surface area contributed by atoms with Crippen molar-refractivity contribution >= 4 is 44.1 Å². The van der Waals surface area contributed by atoms with Crippen LogP contribution in [0, 0.1) is 0 Å². The first-order valence-corrected chi connectivity index (χ1v) is 12.0. The number of benzene rings is 2. The second-order valence-electron chi connectivity index (χ2n) is 8.17. The molecule has 0 radical (unpaired) electrons. The van der Waals surface area contributed by atoms with E-state index in [1.807, 2.05) is 48.8 Å². The Bertz CT molecular complexity index is 1450. The van der Waals surface area contributed by atoms with Crippen LogP contribution in [0.1, 0.15) is 16.5 Å². The molecule has 5 aromatic rings. The van der Waals surface area contributed by atoms with Gasteiger partial charge in [-0.3, -0.25) is 5.10 Å². The third-order valence-corrected chi connectivity index (χ3v) is 7.14. The molecule has 0 bridgehead atoms. The zero-order valence-electron chi connectivity index (χ0n) is 18.7. The fourth-order valence-corrected chi connectivity index (χ4v) is 5.29. The molecule has 34 heavy (non-hydrogen) atoms. The third kappa shape index (κ3) is 3.93. The Balaban J connectivity index is 1.20. The summed E-state index contributed by atoms with van der Waals surface area (Å²) < 4.78 is 12.6. The quantitative estimate of drug-likeness (QED) is 0.368. The van der Waals surface area contributed by atoms with Gasteiger partial charge in [-0.25, -0.2) is 9.97 Å². The van der Waals surface area contributed by atoms with Crippen molar-refractivity contribution in [2.24, 2.45) is 0 Å². The second-order valence-corrected chi connectivity index (χ2v) is 9.34. The van der Waals surface area contributed by atoms with E-state index in [9.17, 15) is 0 Å². The molecule has 1 unspecified atom stereocenters. The van der Waals surface area contributed by atoms with Crippen LogP contribution in [0.2, 0.25) is 0 Å². The highest BCUT2D eigenvalue weighted by molar-refractivity contribution is 7.19. The van der Waals surface area contributed by atoms with Gasteiger partial charge in [0.1, 0.15) is 11.9 Å². The van der Waals surface area contributed by atoms with Crippen LogP contribution in [0.5, 0.6) is 5.75 Å². The Morgan fingerprint density at radius 3 is 3.09 bits per heavy atom. The van der Waals surface area contributed by atoms with Gasteiger partial charge in [-0.15, -0.1) is 11.3 Å². The highest BCUT2D eigenvalue weighted by atomic mass is 32.1. The zero-order chi connectivity index (χ0) is 22.9. The molecule has 1 aliphatic rings. The predicted octanol–water partition coefficient (Wildman–Crippen LogP) is 4.77. The minimum Gasteiger partial charge on any atom is -0.495 e. The van der Waals surface area contributed by atoms with Crippen molar-refractivity contribution in [1.29, 1.82) is 0 Å². The van der Waals surface area contributed by atoms with Crippen LogP contribution in [-0.4, -0.2) is 47.0 Å². The topological polar surface area (TPSA) is 88.2 Å². The van der Waals surface area contributed by atoms with E-state index in [1.165, 1.54) is 4.88 Å². The van der Waals surface area contributed by atoms with E-state index in [-0.39, 0.29) is 6.10 Å². The Morgan fingerprint density at radius 2 is 2.15 bits per heavy atom. The van der Waals surface area contributed by atoms with Gasteiger partial charge in [-0.05, 0) is 29.8 Å². The van der Waals surface area contributed by atoms with E-state index < -0.39 is 0 Å². The van der Waals surface area contributed by atoms with Gasteiger partial charge in [0, 0.05) is 23.4 Å². The number of fused-ring (bicyclic) bond motifs is 2. The zero-order valence-corrected chi connectivity index (χ0v) is 19.5. The van der Waals surface area contributed by atoms with Crippen LogP contribution in [-0.2, 0) is 11.3 Å². The standard InChI is InChI=1S/C25H24N6O2S/c1-32-22-8-3-2-6-20(22)26-12-16-11-21-24(34-16)14-27-25(29-21)31-9-10-33-23(15-31)17-5-4-7-19-18(17)13-28-30-19/h2-8,11,13-14,23,26H,9-10,12,15H2,1H3,(H,28,30). The summed E-state index contributed by atoms with van der Waals surface area (Å²) in [4.78, 5) is 13.0. The third-order valence-electron chi connectivity index (χ3n) is 6.08. The second kappa shape index (κ2) is 8.92. The Labute approximate surface area is 200 Å². The fraction of sp³-hybridized carbons (Fsp3) is 0.240. The summed E-state index contributed by atoms with van der Waals surface area (Å²) in [7, 11) is 1.68. The van der Waals surface area contributed by atoms with Crippen LogP contribution in [0.3, 0.4) is 0 Å². The van der Waals surface area contributed by atoms with E-state index in [0.717, 1.165) is 50.6 Å². The lowest BCUT2D eigenvalue weighted by Gasteiger charge is -2.33. The maximum Gasteiger partial charge on any atom is 0.226 e. The number of methoxy groups -OCH3 is 1. The van der Waals surface area contributed by atoms with Crippen molar-refractivity contribution in [2.75, 3.05) is 37.0 Å². The minimum atomic E-state index is -0.0579. The van der Waals surface area contributed by atoms with Crippen LogP contribution in [0.15, 0.2) is 60.9 Å². The summed E-state index contributed by atoms with van der Waals surface area (Å²) in [5, 5.41) is 11.8. The predicted molar refractivity (Wildman–Crippen MR) is 135 cm³/mol. The molecule has 9 heteroatoms. The lowest BCUT2D eigenvalue weighted by molar-refractivity contribution is 0.0402. The highest BCUT2D eigenvalue weighted by Gasteiger charge is 2.25. The minimum absolute atomic E-state index is 0.0579. The van der Waals surface area contributed by atoms with Gasteiger partial charge < -0.3 is 19.7 Å². The molecule has 1 aliphatic heterocycles. The van der Waals surface area contributed by atoms with E-state index >= 15 is 0 Å². The number of aromatic amines is 1. The van der Waals surface area contributed by atoms with Crippen molar-refractivity contribution in [1.82, 2.24) is 20.2 Å². The van der Waals surface area contributed by atoms with Crippen LogP contribution >= 0.6 is 11.3 Å². The Morgan fingerprint density at radius 1 is 1.21 bits per heavy atom. The largest absolute Gasteiger partial charge is 0.495 e. The number of hydrogen-bond acceptors (Lipinski definition) is 8. The summed E-state index contributed by atoms with van der Waals surface area (Å²) in [5.41, 5.74) is 4.09. The molecule has 2 N–H and O–H groups in total. The molecule has 172 valence electrons. The van der Waals surface area contributed by atoms with Crippen molar-refractivity contribution in [3.8, 4) is 5.75 Å². The molecule has 0 spiro atoms. The van der Waals surface area contributed by atoms with Gasteiger partial charge in [-0.1, -0.05) is 24.3 Å². The number of H-pyrrole nitrogens is 1. The SMILES string of the molecule is COc1ccccc1NCc1cc2nc(N3CCOC(c4cccc5[nH]ncc45)C3)ncc2s1. The number of aromatic nitrogens is 4. The molecule has 1 atom stereocenters. The average molecular weight is 473 g/mol. The number of para-hydroxylation sites is 2. The molecule has 1 saturated heterocycles. The lowest BCUT2D eigenvalue weighted by Crippen LogP contribution is -2.39. The molecule has 8 nitrogen and oxygen atoms in total. The van der Waals surface area contributed by atoms with Crippen molar-refractivity contribution in [3.05, 3.63) is 71.4 Å². The lowest BCUT2D eigenvalue weighted by atomic mass is 10.0. The van der Waals surface area contributed by atoms with Gasteiger partial charge >= 0.3 is 0 Å². The van der Waals surface area contributed by atoms with E-state index in [1.54, 1.807) is 18.4 Å². The monoisotopic (exact) mass is 472 g/mol. The van der Waals surface area contributed by atoms with Gasteiger partial charge in [0.2, 0.25) is 5.95 Å². The first kappa shape index (κ1) is 20.9. The first-order valence-electron chi connectivity index (χ1n) is 11.2. The van der Waals surface area contributed by atoms with E-state index in [4.69, 9.17) is 14.5 Å². The highest BCUT2D eigenvalue weighted by Crippen LogP contribution is 2.31. The van der Waals surface area contributed by atoms with E-state index in [0.29, 0.717) is 19.7 Å². The van der Waals surface area contributed by atoms with Crippen molar-refractivity contribution < 1.29 is 9.47 Å². The molecule has 3 aromatic heterocycles. The molecule has 0 saturated carbocycles. The molecular weight excluding hydrogens is 448 g/mol. The summed E-state index contributed by atoms with van der Waals surface area (Å²) in [6.07, 6.45) is 3.73. The Hall–Kier alpha value is -3.69. The van der Waals surface area contributed by atoms with Gasteiger partial charge in [0.15, 0.2) is 0 Å². The van der Waals surface area contributed by atoms with E-state index in [2.05, 4.69) is 37.5 Å². The van der Waals surface area contributed by atoms with Gasteiger partial charge in [-0.2, -0.15) is 5.10 Å². The smallest absolute Gasteiger partial charge is 0.226 e. The summed E-state index contributed by atoms with van der Waals surface area (Å²) in [5.74, 6) is 1.57. The maximum absolute atomic E-state index is 6.12. The van der Waals surface area contributed by atoms with Gasteiger partial charge in [0.25, 0.3) is 0 Å². The normalized spacial score (nSPS) is 16.3. The summed E-state index contributed by atoms with van der Waals surface area (Å²) in [6.45, 7) is 2.78. The number of thiophene rings is 1. The maximum atomic E-state index is 6.12. The van der Waals surface area contributed by atoms with Crippen molar-refractivity contribution in [2.45, 2.75) is 12.6 Å². The van der Waals surface area contributed by atoms with Crippen LogP contribution in [0.25, 0.3) is 21.1 Å². The number of nitrogens with one attached hydrogen (secondary N) is 2. The van der Waals surface area contributed by atoms with Crippen LogP contribution in [0.4, 0.5) is 11.6 Å². The molecule has 2 aromatic carbocycles. The molecule has 1 fully saturated rings. The Kier molecular flexibility index (Phi) is 5.48. The summed E-state index contributed by atoms with van der Waals surface area (Å²) >= 11 is 1.70. The first-order chi connectivity index (χ1) is 16.8. The number of ether oxygens (including phenoxy) is 2. The number of morpholine rings is 1. The van der Waals surface area contributed by atoms with Gasteiger partial charge in [0.05, 0.1) is 54.1 Å². The number of rotatable bonds is 6. The number of nitrogens with zero attached hydrogens (tertiary/aromatic N) is 4. The molecule has 0 amide bonds. The molecule has 4 heterocycles. The van der Waals surface area contributed by atoms with Crippen LogP contribution < -0.4 is 15.0 Å². The average Bonchev–Trinajstić information content (AvgIpc) is 3.54. The number of hydrogen-bond donors (Lipinski definition) is 2. The fourth-order valence-electron chi connectivity index (χ4n) is 4.38. The van der Waals surface area contributed by atoms with Crippen molar-refractivity contribution in [3.63, 3.8) is 0 Å². The summed E-state index contributed by atoms with van der Waals surface area (Å²) in [6, 6.07) is 16.2. The molecular formula is C25H24N6O2S. The number of anilines is 2.